The van der Waals surface area contributed by atoms with Gasteiger partial charge >= 0.3 is 0 Å². The smallest absolute Gasteiger partial charge is 0.274 e. The van der Waals surface area contributed by atoms with Crippen LogP contribution >= 0.6 is 0 Å². The number of carbonyl (C=O) groups excluding carboxylic acids is 1. The monoisotopic (exact) mass is 213 g/mol. The van der Waals surface area contributed by atoms with E-state index in [0.29, 0.717) is 11.5 Å². The summed E-state index contributed by atoms with van der Waals surface area (Å²) in [5.41, 5.74) is 6.54. The molecule has 1 aromatic heterocycles. The maximum atomic E-state index is 11.7. The summed E-state index contributed by atoms with van der Waals surface area (Å²) in [5.74, 6) is 0.0687. The molecule has 0 aliphatic rings. The number of amides is 1. The number of rotatable bonds is 2. The molecule has 0 fully saturated rings. The van der Waals surface area contributed by atoms with Gasteiger partial charge in [-0.05, 0) is 24.3 Å². The van der Waals surface area contributed by atoms with E-state index in [1.165, 1.54) is 0 Å². The normalized spacial score (nSPS) is 9.75. The summed E-state index contributed by atoms with van der Waals surface area (Å²) < 4.78 is 0. The Labute approximate surface area is 93.1 Å². The van der Waals surface area contributed by atoms with Crippen molar-refractivity contribution in [2.24, 2.45) is 0 Å². The lowest BCUT2D eigenvalue weighted by Crippen LogP contribution is -2.14. The van der Waals surface area contributed by atoms with Crippen molar-refractivity contribution in [2.75, 3.05) is 11.1 Å². The van der Waals surface area contributed by atoms with Crippen molar-refractivity contribution in [2.45, 2.75) is 0 Å². The van der Waals surface area contributed by atoms with Gasteiger partial charge in [0.15, 0.2) is 0 Å². The van der Waals surface area contributed by atoms with Crippen LogP contribution in [0, 0.1) is 0 Å². The number of benzene rings is 1. The van der Waals surface area contributed by atoms with Crippen molar-refractivity contribution in [1.82, 2.24) is 4.98 Å². The van der Waals surface area contributed by atoms with E-state index in [-0.39, 0.29) is 5.91 Å². The fourth-order valence-corrected chi connectivity index (χ4v) is 1.29. The lowest BCUT2D eigenvalue weighted by atomic mass is 10.3. The summed E-state index contributed by atoms with van der Waals surface area (Å²) in [7, 11) is 0. The maximum absolute atomic E-state index is 11.7. The molecule has 80 valence electrons. The number of nitrogens with zero attached hydrogens (tertiary/aromatic N) is 1. The lowest BCUT2D eigenvalue weighted by molar-refractivity contribution is 0.102. The Morgan fingerprint density at radius 3 is 2.50 bits per heavy atom. The maximum Gasteiger partial charge on any atom is 0.274 e. The molecule has 1 aromatic carbocycles. The number of para-hydroxylation sites is 1. The lowest BCUT2D eigenvalue weighted by Gasteiger charge is -2.04. The predicted octanol–water partition coefficient (Wildman–Crippen LogP) is 1.92. The first-order valence-corrected chi connectivity index (χ1v) is 4.84. The fourth-order valence-electron chi connectivity index (χ4n) is 1.29. The molecule has 1 heterocycles. The van der Waals surface area contributed by atoms with Gasteiger partial charge in [-0.3, -0.25) is 4.79 Å². The van der Waals surface area contributed by atoms with Crippen molar-refractivity contribution in [3.8, 4) is 0 Å². The van der Waals surface area contributed by atoms with E-state index in [9.17, 15) is 4.79 Å². The van der Waals surface area contributed by atoms with Crippen molar-refractivity contribution >= 4 is 17.4 Å². The van der Waals surface area contributed by atoms with E-state index >= 15 is 0 Å². The van der Waals surface area contributed by atoms with Crippen molar-refractivity contribution in [3.05, 3.63) is 54.2 Å². The van der Waals surface area contributed by atoms with Crippen molar-refractivity contribution in [3.63, 3.8) is 0 Å². The van der Waals surface area contributed by atoms with Gasteiger partial charge in [-0.1, -0.05) is 24.3 Å². The molecule has 4 heteroatoms. The standard InChI is InChI=1S/C12H11N3O/c13-11-8-4-7-10(15-11)12(16)14-9-5-2-1-3-6-9/h1-8H,(H2,13,15)(H,14,16). The van der Waals surface area contributed by atoms with Gasteiger partial charge in [0, 0.05) is 5.69 Å². The van der Waals surface area contributed by atoms with E-state index in [2.05, 4.69) is 10.3 Å². The molecule has 0 spiro atoms. The first-order chi connectivity index (χ1) is 7.75. The largest absolute Gasteiger partial charge is 0.384 e. The summed E-state index contributed by atoms with van der Waals surface area (Å²) in [6.07, 6.45) is 0. The summed E-state index contributed by atoms with van der Waals surface area (Å²) in [5, 5.41) is 2.73. The third kappa shape index (κ3) is 2.36. The van der Waals surface area contributed by atoms with Crippen LogP contribution in [0.4, 0.5) is 11.5 Å². The number of nitrogen functional groups attached to an aromatic ring is 1. The van der Waals surface area contributed by atoms with Crippen LogP contribution in [0.15, 0.2) is 48.5 Å². The Morgan fingerprint density at radius 1 is 1.06 bits per heavy atom. The highest BCUT2D eigenvalue weighted by Crippen LogP contribution is 2.08. The average Bonchev–Trinajstić information content (AvgIpc) is 2.30. The van der Waals surface area contributed by atoms with Crippen LogP contribution in [0.3, 0.4) is 0 Å². The van der Waals surface area contributed by atoms with Crippen LogP contribution in [-0.2, 0) is 0 Å². The van der Waals surface area contributed by atoms with Crippen LogP contribution in [0.2, 0.25) is 0 Å². The van der Waals surface area contributed by atoms with Crippen LogP contribution in [-0.4, -0.2) is 10.9 Å². The molecule has 0 bridgehead atoms. The third-order valence-corrected chi connectivity index (χ3v) is 2.03. The first-order valence-electron chi connectivity index (χ1n) is 4.84. The van der Waals surface area contributed by atoms with Gasteiger partial charge in [0.05, 0.1) is 0 Å². The van der Waals surface area contributed by atoms with E-state index in [1.54, 1.807) is 18.2 Å². The summed E-state index contributed by atoms with van der Waals surface area (Å²) >= 11 is 0. The molecule has 0 saturated heterocycles. The zero-order valence-corrected chi connectivity index (χ0v) is 8.55. The van der Waals surface area contributed by atoms with E-state index < -0.39 is 0 Å². The van der Waals surface area contributed by atoms with E-state index in [0.717, 1.165) is 5.69 Å². The highest BCUT2D eigenvalue weighted by molar-refractivity contribution is 6.02. The van der Waals surface area contributed by atoms with Gasteiger partial charge in [0.25, 0.3) is 5.91 Å². The van der Waals surface area contributed by atoms with Crippen LogP contribution in [0.5, 0.6) is 0 Å². The molecule has 0 aliphatic carbocycles. The van der Waals surface area contributed by atoms with Crippen LogP contribution < -0.4 is 11.1 Å². The zero-order chi connectivity index (χ0) is 11.4. The van der Waals surface area contributed by atoms with E-state index in [4.69, 9.17) is 5.73 Å². The van der Waals surface area contributed by atoms with Crippen LogP contribution in [0.25, 0.3) is 0 Å². The Morgan fingerprint density at radius 2 is 1.81 bits per heavy atom. The topological polar surface area (TPSA) is 68.0 Å². The minimum absolute atomic E-state index is 0.265. The first kappa shape index (κ1) is 10.2. The number of pyridine rings is 1. The quantitative estimate of drug-likeness (QED) is 0.800. The number of hydrogen-bond acceptors (Lipinski definition) is 3. The Kier molecular flexibility index (Phi) is 2.82. The third-order valence-electron chi connectivity index (χ3n) is 2.03. The number of carbonyl (C=O) groups is 1. The SMILES string of the molecule is Nc1cccc(C(=O)Nc2ccccc2)n1. The number of nitrogens with one attached hydrogen (secondary N) is 1. The molecular formula is C12H11N3O. The second-order valence-electron chi connectivity index (χ2n) is 3.27. The number of aromatic nitrogens is 1. The Balaban J connectivity index is 2.15. The van der Waals surface area contributed by atoms with Gasteiger partial charge in [0.1, 0.15) is 11.5 Å². The molecule has 2 rings (SSSR count). The van der Waals surface area contributed by atoms with Gasteiger partial charge in [0.2, 0.25) is 0 Å². The fraction of sp³-hybridized carbons (Fsp3) is 0. The summed E-state index contributed by atoms with van der Waals surface area (Å²) in [4.78, 5) is 15.7. The number of anilines is 2. The Hall–Kier alpha value is -2.36. The molecule has 0 unspecified atom stereocenters. The second-order valence-corrected chi connectivity index (χ2v) is 3.27. The molecule has 0 aliphatic heterocycles. The molecule has 4 nitrogen and oxygen atoms in total. The van der Waals surface area contributed by atoms with Gasteiger partial charge in [-0.25, -0.2) is 4.98 Å². The van der Waals surface area contributed by atoms with Crippen molar-refractivity contribution < 1.29 is 4.79 Å². The number of nitrogens with two attached hydrogens (primary N) is 1. The minimum Gasteiger partial charge on any atom is -0.384 e. The zero-order valence-electron chi connectivity index (χ0n) is 8.55. The average molecular weight is 213 g/mol. The van der Waals surface area contributed by atoms with Gasteiger partial charge < -0.3 is 11.1 Å². The molecule has 0 atom stereocenters. The summed E-state index contributed by atoms with van der Waals surface area (Å²) in [6, 6.07) is 14.2. The van der Waals surface area contributed by atoms with Crippen molar-refractivity contribution in [1.29, 1.82) is 0 Å². The molecule has 0 saturated carbocycles. The van der Waals surface area contributed by atoms with Gasteiger partial charge in [-0.15, -0.1) is 0 Å². The molecule has 0 radical (unpaired) electrons. The highest BCUT2D eigenvalue weighted by Gasteiger charge is 2.06. The highest BCUT2D eigenvalue weighted by atomic mass is 16.1. The number of hydrogen-bond donors (Lipinski definition) is 2. The van der Waals surface area contributed by atoms with Crippen LogP contribution in [0.1, 0.15) is 10.5 Å². The van der Waals surface area contributed by atoms with E-state index in [1.807, 2.05) is 30.3 Å². The molecule has 2 aromatic rings. The summed E-state index contributed by atoms with van der Waals surface area (Å²) in [6.45, 7) is 0. The minimum atomic E-state index is -0.265. The Bertz CT molecular complexity index is 497. The van der Waals surface area contributed by atoms with Gasteiger partial charge in [-0.2, -0.15) is 0 Å². The molecule has 16 heavy (non-hydrogen) atoms. The molecule has 3 N–H and O–H groups in total. The molecule has 1 amide bonds. The second kappa shape index (κ2) is 4.44. The molecular weight excluding hydrogens is 202 g/mol. The predicted molar refractivity (Wildman–Crippen MR) is 63.0 cm³/mol.